The Bertz CT molecular complexity index is 1010. The summed E-state index contributed by atoms with van der Waals surface area (Å²) in [6.07, 6.45) is 2.65. The van der Waals surface area contributed by atoms with E-state index in [1.54, 1.807) is 0 Å². The summed E-state index contributed by atoms with van der Waals surface area (Å²) < 4.78 is 16.4. The van der Waals surface area contributed by atoms with Crippen LogP contribution >= 0.6 is 0 Å². The van der Waals surface area contributed by atoms with Crippen molar-refractivity contribution in [1.29, 1.82) is 0 Å². The van der Waals surface area contributed by atoms with E-state index in [1.807, 2.05) is 19.0 Å². The quantitative estimate of drug-likeness (QED) is 0.749. The molecule has 1 fully saturated rings. The molecule has 10 heteroatoms. The zero-order valence-electron chi connectivity index (χ0n) is 16.6. The Morgan fingerprint density at radius 3 is 2.62 bits per heavy atom. The fourth-order valence-electron chi connectivity index (χ4n) is 3.96. The molecule has 1 amide bonds. The number of carboxylic acid groups (broad SMARTS) is 1. The molecule has 1 aliphatic carbocycles. The van der Waals surface area contributed by atoms with Crippen LogP contribution in [-0.4, -0.2) is 56.9 Å². The average Bonchev–Trinajstić information content (AvgIpc) is 2.65. The van der Waals surface area contributed by atoms with E-state index in [0.717, 1.165) is 18.8 Å². The zero-order valence-corrected chi connectivity index (χ0v) is 16.6. The summed E-state index contributed by atoms with van der Waals surface area (Å²) in [6.45, 7) is 1.11. The van der Waals surface area contributed by atoms with E-state index >= 15 is 0 Å². The fourth-order valence-corrected chi connectivity index (χ4v) is 3.96. The lowest BCUT2D eigenvalue weighted by atomic mass is 9.91. The van der Waals surface area contributed by atoms with Gasteiger partial charge in [-0.3, -0.25) is 13.9 Å². The molecule has 1 saturated carbocycles. The molecule has 0 bridgehead atoms. The van der Waals surface area contributed by atoms with Crippen molar-refractivity contribution in [3.8, 4) is 0 Å². The maximum atomic E-state index is 13.8. The largest absolute Gasteiger partial charge is 0.465 e. The molecule has 0 unspecified atom stereocenters. The molecule has 2 heterocycles. The standard InChI is InChI=1S/C19H26FN5O4/c1-23(2)8-3-9-24-16-15(10-12(20)11-21-16)17(26)25(19(24)29)14-6-4-13(5-7-14)22-18(27)28/h10-11,13-14,22H,3-9H2,1-2H3,(H,27,28). The van der Waals surface area contributed by atoms with Gasteiger partial charge in [0.15, 0.2) is 0 Å². The lowest BCUT2D eigenvalue weighted by Gasteiger charge is -2.29. The van der Waals surface area contributed by atoms with E-state index < -0.39 is 23.2 Å². The third kappa shape index (κ3) is 4.64. The van der Waals surface area contributed by atoms with Gasteiger partial charge in [0.2, 0.25) is 0 Å². The molecule has 0 aromatic carbocycles. The van der Waals surface area contributed by atoms with Crippen LogP contribution in [0.2, 0.25) is 0 Å². The molecule has 158 valence electrons. The lowest BCUT2D eigenvalue weighted by Crippen LogP contribution is -2.45. The minimum absolute atomic E-state index is 0.0836. The van der Waals surface area contributed by atoms with Crippen molar-refractivity contribution < 1.29 is 14.3 Å². The first-order chi connectivity index (χ1) is 13.8. The summed E-state index contributed by atoms with van der Waals surface area (Å²) in [5.41, 5.74) is -0.803. The van der Waals surface area contributed by atoms with Gasteiger partial charge in [0.05, 0.1) is 11.6 Å². The molecule has 3 rings (SSSR count). The minimum atomic E-state index is -1.08. The number of hydrogen-bond acceptors (Lipinski definition) is 5. The fraction of sp³-hybridized carbons (Fsp3) is 0.579. The highest BCUT2D eigenvalue weighted by Crippen LogP contribution is 2.27. The van der Waals surface area contributed by atoms with Crippen molar-refractivity contribution in [2.75, 3.05) is 20.6 Å². The van der Waals surface area contributed by atoms with Crippen molar-refractivity contribution >= 4 is 17.1 Å². The Morgan fingerprint density at radius 2 is 2.00 bits per heavy atom. The van der Waals surface area contributed by atoms with Crippen molar-refractivity contribution in [1.82, 2.24) is 24.3 Å². The molecule has 0 aliphatic heterocycles. The van der Waals surface area contributed by atoms with Gasteiger partial charge in [0.1, 0.15) is 11.5 Å². The van der Waals surface area contributed by atoms with Crippen LogP contribution in [0.3, 0.4) is 0 Å². The van der Waals surface area contributed by atoms with Gasteiger partial charge in [-0.05, 0) is 58.8 Å². The SMILES string of the molecule is CN(C)CCCn1c(=O)n(C2CCC(NC(=O)O)CC2)c(=O)c2cc(F)cnc21. The summed E-state index contributed by atoms with van der Waals surface area (Å²) >= 11 is 0. The van der Waals surface area contributed by atoms with E-state index in [0.29, 0.717) is 38.6 Å². The Labute approximate surface area is 166 Å². The van der Waals surface area contributed by atoms with Gasteiger partial charge >= 0.3 is 11.8 Å². The van der Waals surface area contributed by atoms with Crippen LogP contribution in [0.4, 0.5) is 9.18 Å². The first-order valence-electron chi connectivity index (χ1n) is 9.72. The topological polar surface area (TPSA) is 109 Å². The highest BCUT2D eigenvalue weighted by molar-refractivity contribution is 5.73. The van der Waals surface area contributed by atoms with Crippen LogP contribution < -0.4 is 16.6 Å². The molecule has 2 N–H and O–H groups in total. The number of nitrogens with one attached hydrogen (secondary N) is 1. The van der Waals surface area contributed by atoms with Gasteiger partial charge in [-0.2, -0.15) is 0 Å². The highest BCUT2D eigenvalue weighted by Gasteiger charge is 2.27. The number of rotatable bonds is 6. The molecule has 0 radical (unpaired) electrons. The summed E-state index contributed by atoms with van der Waals surface area (Å²) in [4.78, 5) is 43.1. The van der Waals surface area contributed by atoms with Gasteiger partial charge in [0, 0.05) is 18.6 Å². The average molecular weight is 407 g/mol. The van der Waals surface area contributed by atoms with Gasteiger partial charge in [0.25, 0.3) is 5.56 Å². The van der Waals surface area contributed by atoms with Crippen LogP contribution in [0.25, 0.3) is 11.0 Å². The van der Waals surface area contributed by atoms with Crippen LogP contribution in [0, 0.1) is 5.82 Å². The molecule has 0 atom stereocenters. The highest BCUT2D eigenvalue weighted by atomic mass is 19.1. The van der Waals surface area contributed by atoms with Crippen molar-refractivity contribution in [2.24, 2.45) is 0 Å². The first kappa shape index (κ1) is 21.0. The van der Waals surface area contributed by atoms with E-state index in [2.05, 4.69) is 10.3 Å². The predicted octanol–water partition coefficient (Wildman–Crippen LogP) is 1.40. The molecule has 29 heavy (non-hydrogen) atoms. The summed E-state index contributed by atoms with van der Waals surface area (Å²) in [5, 5.41) is 11.4. The third-order valence-electron chi connectivity index (χ3n) is 5.35. The lowest BCUT2D eigenvalue weighted by molar-refractivity contribution is 0.182. The first-order valence-corrected chi connectivity index (χ1v) is 9.72. The van der Waals surface area contributed by atoms with Gasteiger partial charge in [-0.25, -0.2) is 19.0 Å². The number of aromatic nitrogens is 3. The second-order valence-electron chi connectivity index (χ2n) is 7.75. The number of aryl methyl sites for hydroxylation is 1. The Morgan fingerprint density at radius 1 is 1.31 bits per heavy atom. The number of hydrogen-bond donors (Lipinski definition) is 2. The third-order valence-corrected chi connectivity index (χ3v) is 5.35. The number of amides is 1. The van der Waals surface area contributed by atoms with E-state index in [-0.39, 0.29) is 23.1 Å². The maximum Gasteiger partial charge on any atom is 0.404 e. The molecule has 0 spiro atoms. The monoisotopic (exact) mass is 407 g/mol. The maximum absolute atomic E-state index is 13.8. The number of pyridine rings is 1. The number of halogens is 1. The normalized spacial score (nSPS) is 19.6. The van der Waals surface area contributed by atoms with E-state index in [4.69, 9.17) is 5.11 Å². The molecule has 1 aliphatic rings. The van der Waals surface area contributed by atoms with Gasteiger partial charge < -0.3 is 15.3 Å². The molecular formula is C19H26FN5O4. The second-order valence-corrected chi connectivity index (χ2v) is 7.75. The Hall–Kier alpha value is -2.75. The zero-order chi connectivity index (χ0) is 21.1. The molecular weight excluding hydrogens is 381 g/mol. The summed E-state index contributed by atoms with van der Waals surface area (Å²) in [5.74, 6) is -0.631. The number of nitrogens with zero attached hydrogens (tertiary/aromatic N) is 4. The number of carbonyl (C=O) groups is 1. The van der Waals surface area contributed by atoms with Crippen LogP contribution in [0.1, 0.15) is 38.1 Å². The van der Waals surface area contributed by atoms with Gasteiger partial charge in [-0.1, -0.05) is 0 Å². The van der Waals surface area contributed by atoms with Gasteiger partial charge in [-0.15, -0.1) is 0 Å². The van der Waals surface area contributed by atoms with Crippen molar-refractivity contribution in [3.63, 3.8) is 0 Å². The van der Waals surface area contributed by atoms with Crippen LogP contribution in [-0.2, 0) is 6.54 Å². The summed E-state index contributed by atoms with van der Waals surface area (Å²) in [7, 11) is 3.86. The number of fused-ring (bicyclic) bond motifs is 1. The Kier molecular flexibility index (Phi) is 6.31. The molecule has 2 aromatic heterocycles. The second kappa shape index (κ2) is 8.73. The minimum Gasteiger partial charge on any atom is -0.465 e. The molecule has 9 nitrogen and oxygen atoms in total. The van der Waals surface area contributed by atoms with Crippen LogP contribution in [0.15, 0.2) is 21.9 Å². The Balaban J connectivity index is 2.00. The van der Waals surface area contributed by atoms with Crippen LogP contribution in [0.5, 0.6) is 0 Å². The van der Waals surface area contributed by atoms with Crippen molar-refractivity contribution in [3.05, 3.63) is 38.9 Å². The van der Waals surface area contributed by atoms with Crippen molar-refractivity contribution in [2.45, 2.75) is 50.7 Å². The predicted molar refractivity (Wildman–Crippen MR) is 106 cm³/mol. The summed E-state index contributed by atoms with van der Waals surface area (Å²) in [6, 6.07) is 0.580. The van der Waals surface area contributed by atoms with E-state index in [1.165, 1.54) is 9.13 Å². The molecule has 0 saturated heterocycles. The smallest absolute Gasteiger partial charge is 0.404 e. The molecule has 2 aromatic rings. The van der Waals surface area contributed by atoms with E-state index in [9.17, 15) is 18.8 Å².